The number of hydrogen-bond donors (Lipinski definition) is 2. The molecule has 2 aliphatic rings. The zero-order valence-corrected chi connectivity index (χ0v) is 27.6. The third kappa shape index (κ3) is 23.5. The summed E-state index contributed by atoms with van der Waals surface area (Å²) in [6, 6.07) is 0. The van der Waals surface area contributed by atoms with E-state index in [0.717, 1.165) is 67.7 Å². The highest BCUT2D eigenvalue weighted by atomic mass is 16.5. The van der Waals surface area contributed by atoms with Crippen LogP contribution in [-0.2, 0) is 28.6 Å². The fourth-order valence-corrected chi connectivity index (χ4v) is 4.48. The first kappa shape index (κ1) is 41.3. The minimum Gasteiger partial charge on any atom is -0.481 e. The van der Waals surface area contributed by atoms with Crippen molar-refractivity contribution in [3.63, 3.8) is 0 Å². The number of ether oxygens (including phenoxy) is 3. The fourth-order valence-electron chi connectivity index (χ4n) is 4.48. The van der Waals surface area contributed by atoms with E-state index in [9.17, 15) is 14.4 Å². The average molecular weight is 595 g/mol. The summed E-state index contributed by atoms with van der Waals surface area (Å²) in [6.07, 6.45) is 5.62. The van der Waals surface area contributed by atoms with Gasteiger partial charge >= 0.3 is 17.9 Å². The van der Waals surface area contributed by atoms with E-state index in [-0.39, 0.29) is 25.0 Å². The Morgan fingerprint density at radius 3 is 1.80 bits per heavy atom. The van der Waals surface area contributed by atoms with Gasteiger partial charge < -0.3 is 37.9 Å². The van der Waals surface area contributed by atoms with Crippen molar-refractivity contribution in [1.29, 1.82) is 0 Å². The number of aliphatic hydroxyl groups excluding tert-OH is 1. The second-order valence-electron chi connectivity index (χ2n) is 11.8. The van der Waals surface area contributed by atoms with Gasteiger partial charge in [-0.25, -0.2) is 9.59 Å². The van der Waals surface area contributed by atoms with Crippen molar-refractivity contribution in [3.05, 3.63) is 0 Å². The number of carboxylic acids is 1. The van der Waals surface area contributed by atoms with Crippen LogP contribution in [-0.4, -0.2) is 155 Å². The zero-order chi connectivity index (χ0) is 31.8. The van der Waals surface area contributed by atoms with Crippen LogP contribution in [0.25, 0.3) is 0 Å². The number of quaternary nitrogens is 3. The van der Waals surface area contributed by atoms with Gasteiger partial charge in [-0.1, -0.05) is 20.8 Å². The highest BCUT2D eigenvalue weighted by Gasteiger charge is 2.29. The van der Waals surface area contributed by atoms with Crippen LogP contribution in [0.5, 0.6) is 0 Å². The van der Waals surface area contributed by atoms with Gasteiger partial charge in [0.2, 0.25) is 0 Å². The molecule has 0 spiro atoms. The lowest BCUT2D eigenvalue weighted by atomic mass is 10.1. The maximum absolute atomic E-state index is 11.4. The maximum atomic E-state index is 11.4. The molecule has 0 aliphatic carbocycles. The van der Waals surface area contributed by atoms with Gasteiger partial charge in [0.25, 0.3) is 0 Å². The van der Waals surface area contributed by atoms with Crippen LogP contribution in [0.1, 0.15) is 66.2 Å². The summed E-state index contributed by atoms with van der Waals surface area (Å²) < 4.78 is 17.6. The molecule has 2 fully saturated rings. The van der Waals surface area contributed by atoms with E-state index in [2.05, 4.69) is 14.1 Å². The highest BCUT2D eigenvalue weighted by molar-refractivity contribution is 5.70. The lowest BCUT2D eigenvalue weighted by Crippen LogP contribution is -2.54. The molecule has 11 heteroatoms. The lowest BCUT2D eigenvalue weighted by Gasteiger charge is -2.36. The first-order chi connectivity index (χ1) is 19.3. The van der Waals surface area contributed by atoms with Crippen LogP contribution >= 0.6 is 0 Å². The number of carbonyl (C=O) groups excluding carboxylic acids is 2. The van der Waals surface area contributed by atoms with Gasteiger partial charge in [-0.3, -0.25) is 4.79 Å². The Labute approximate surface area is 250 Å². The van der Waals surface area contributed by atoms with Crippen molar-refractivity contribution in [3.8, 4) is 0 Å². The van der Waals surface area contributed by atoms with E-state index in [1.807, 2.05) is 41.8 Å². The van der Waals surface area contributed by atoms with Crippen LogP contribution in [0.3, 0.4) is 0 Å². The molecule has 0 radical (unpaired) electrons. The van der Waals surface area contributed by atoms with E-state index < -0.39 is 5.97 Å². The van der Waals surface area contributed by atoms with Gasteiger partial charge in [-0.15, -0.1) is 0 Å². The maximum Gasteiger partial charge on any atom is 0.361 e. The SMILES string of the molecule is CC.CCCOC(=O)C[N+]1(C)CCOCC1.CCOC(=O)C[N+]1(C)CCCCC1.C[N+](C)(CCCO)CCC(=O)O. The first-order valence-corrected chi connectivity index (χ1v) is 15.5. The molecule has 2 saturated heterocycles. The third-order valence-corrected chi connectivity index (χ3v) is 7.09. The van der Waals surface area contributed by atoms with Gasteiger partial charge in [0.05, 0.1) is 87.2 Å². The summed E-state index contributed by atoms with van der Waals surface area (Å²) in [5.74, 6) is -0.895. The molecule has 2 aliphatic heterocycles. The number of hydrogen-bond acceptors (Lipinski definition) is 7. The molecule has 2 N–H and O–H groups in total. The molecule has 0 aromatic rings. The van der Waals surface area contributed by atoms with Gasteiger partial charge in [0.1, 0.15) is 13.1 Å². The number of rotatable bonds is 13. The normalized spacial score (nSPS) is 17.2. The summed E-state index contributed by atoms with van der Waals surface area (Å²) in [5, 5.41) is 17.0. The molecule has 244 valence electrons. The van der Waals surface area contributed by atoms with E-state index in [1.165, 1.54) is 19.3 Å². The van der Waals surface area contributed by atoms with Crippen molar-refractivity contribution in [2.45, 2.75) is 66.2 Å². The largest absolute Gasteiger partial charge is 0.481 e. The number of carbonyl (C=O) groups is 3. The summed E-state index contributed by atoms with van der Waals surface area (Å²) in [5.41, 5.74) is 0. The van der Waals surface area contributed by atoms with Gasteiger partial charge in [0, 0.05) is 13.0 Å². The summed E-state index contributed by atoms with van der Waals surface area (Å²) >= 11 is 0. The molecule has 0 bridgehead atoms. The van der Waals surface area contributed by atoms with Crippen molar-refractivity contribution in [1.82, 2.24) is 0 Å². The van der Waals surface area contributed by atoms with Gasteiger partial charge in [-0.2, -0.15) is 0 Å². The molecule has 2 rings (SSSR count). The minimum atomic E-state index is -0.759. The lowest BCUT2D eigenvalue weighted by molar-refractivity contribution is -0.910. The summed E-state index contributed by atoms with van der Waals surface area (Å²) in [7, 11) is 8.17. The van der Waals surface area contributed by atoms with E-state index >= 15 is 0 Å². The Morgan fingerprint density at radius 2 is 1.34 bits per heavy atom. The number of nitrogens with zero attached hydrogens (tertiary/aromatic N) is 3. The van der Waals surface area contributed by atoms with Gasteiger partial charge in [-0.05, 0) is 32.6 Å². The fraction of sp³-hybridized carbons (Fsp3) is 0.900. The first-order valence-electron chi connectivity index (χ1n) is 15.5. The number of piperidine rings is 1. The Balaban J connectivity index is 0. The standard InChI is InChI=1S/C10H20NO3.C10H20NO2.C8H17NO3.C2H6/c1-3-6-14-10(12)9-11(2)4-7-13-8-5-11;1-3-13-10(12)9-11(2)7-5-4-6-8-11;1-9(2,5-3-7-10)6-4-8(11)12;1-2/h3-9H2,1-2H3;3-9H2,1-2H3;10H,3-7H2,1-2H3;1-2H3/q2*+1;;/p+1. The molecule has 41 heavy (non-hydrogen) atoms. The minimum absolute atomic E-state index is 0.0492. The number of morpholine rings is 1. The molecular formula is C30H64N3O8+3. The van der Waals surface area contributed by atoms with Crippen LogP contribution in [0, 0.1) is 0 Å². The van der Waals surface area contributed by atoms with Crippen LogP contribution in [0.4, 0.5) is 0 Å². The molecule has 2 heterocycles. The van der Waals surface area contributed by atoms with Crippen molar-refractivity contribution in [2.75, 3.05) is 114 Å². The quantitative estimate of drug-likeness (QED) is 0.247. The molecule has 0 saturated carbocycles. The van der Waals surface area contributed by atoms with Crippen molar-refractivity contribution >= 4 is 17.9 Å². The number of likely N-dealkylation sites (N-methyl/N-ethyl adjacent to an activating group) is 2. The Kier molecular flexibility index (Phi) is 23.9. The summed E-state index contributed by atoms with van der Waals surface area (Å²) in [6.45, 7) is 17.1. The molecule has 0 unspecified atom stereocenters. The zero-order valence-electron chi connectivity index (χ0n) is 27.6. The molecule has 0 atom stereocenters. The van der Waals surface area contributed by atoms with Gasteiger partial charge in [0.15, 0.2) is 13.1 Å². The van der Waals surface area contributed by atoms with E-state index in [4.69, 9.17) is 24.4 Å². The molecule has 0 amide bonds. The smallest absolute Gasteiger partial charge is 0.361 e. The predicted octanol–water partition coefficient (Wildman–Crippen LogP) is 2.54. The number of carboxylic acid groups (broad SMARTS) is 1. The van der Waals surface area contributed by atoms with E-state index in [0.29, 0.717) is 37.3 Å². The molecule has 11 nitrogen and oxygen atoms in total. The number of aliphatic hydroxyl groups is 1. The molecular weight excluding hydrogens is 530 g/mol. The van der Waals surface area contributed by atoms with Crippen LogP contribution in [0.15, 0.2) is 0 Å². The van der Waals surface area contributed by atoms with Crippen molar-refractivity contribution < 1.29 is 52.3 Å². The molecule has 0 aromatic heterocycles. The van der Waals surface area contributed by atoms with Crippen LogP contribution < -0.4 is 0 Å². The van der Waals surface area contributed by atoms with Crippen molar-refractivity contribution in [2.24, 2.45) is 0 Å². The second-order valence-corrected chi connectivity index (χ2v) is 11.8. The Bertz CT molecular complexity index is 691. The highest BCUT2D eigenvalue weighted by Crippen LogP contribution is 2.15. The third-order valence-electron chi connectivity index (χ3n) is 7.09. The summed E-state index contributed by atoms with van der Waals surface area (Å²) in [4.78, 5) is 32.9. The topological polar surface area (TPSA) is 119 Å². The monoisotopic (exact) mass is 594 g/mol. The number of esters is 2. The predicted molar refractivity (Wildman–Crippen MR) is 161 cm³/mol. The average Bonchev–Trinajstić information content (AvgIpc) is 2.92. The Hall–Kier alpha value is -1.79. The number of likely N-dealkylation sites (tertiary alicyclic amines) is 1. The van der Waals surface area contributed by atoms with E-state index in [1.54, 1.807) is 0 Å². The molecule has 0 aromatic carbocycles. The number of aliphatic carboxylic acids is 1. The van der Waals surface area contributed by atoms with Crippen LogP contribution in [0.2, 0.25) is 0 Å². The Morgan fingerprint density at radius 1 is 0.829 bits per heavy atom. The second kappa shape index (κ2) is 23.7.